The van der Waals surface area contributed by atoms with Crippen LogP contribution in [0.4, 0.5) is 0 Å². The fourth-order valence-corrected chi connectivity index (χ4v) is 4.58. The van der Waals surface area contributed by atoms with E-state index in [2.05, 4.69) is 135 Å². The van der Waals surface area contributed by atoms with E-state index in [1.54, 1.807) is 0 Å². The van der Waals surface area contributed by atoms with E-state index in [1.807, 2.05) is 0 Å². The molecule has 6 aromatic rings. The van der Waals surface area contributed by atoms with Crippen molar-refractivity contribution in [3.05, 3.63) is 132 Å². The van der Waals surface area contributed by atoms with Crippen LogP contribution in [0.1, 0.15) is 11.1 Å². The van der Waals surface area contributed by atoms with E-state index in [0.29, 0.717) is 0 Å². The molecule has 0 saturated carbocycles. The van der Waals surface area contributed by atoms with E-state index < -0.39 is 0 Å². The Hall–Kier alpha value is -2.44. The van der Waals surface area contributed by atoms with Crippen LogP contribution in [-0.2, 0) is 26.2 Å². The van der Waals surface area contributed by atoms with Crippen molar-refractivity contribution in [3.8, 4) is 22.3 Å². The van der Waals surface area contributed by atoms with Crippen LogP contribution in [0.15, 0.2) is 121 Å². The van der Waals surface area contributed by atoms with Crippen LogP contribution >= 0.6 is 24.8 Å². The molecule has 0 aliphatic carbocycles. The Kier molecular flexibility index (Phi) is 10.7. The zero-order chi connectivity index (χ0) is 21.9. The van der Waals surface area contributed by atoms with Gasteiger partial charge in [-0.05, 0) is 0 Å². The van der Waals surface area contributed by atoms with E-state index >= 15 is 0 Å². The van der Waals surface area contributed by atoms with Crippen molar-refractivity contribution in [1.29, 1.82) is 0 Å². The maximum absolute atomic E-state index is 2.28. The molecule has 35 heavy (non-hydrogen) atoms. The zero-order valence-corrected chi connectivity index (χ0v) is 24.0. The molecule has 0 fully saturated rings. The fourth-order valence-electron chi connectivity index (χ4n) is 4.58. The third-order valence-corrected chi connectivity index (χ3v) is 6.31. The molecule has 0 radical (unpaired) electrons. The first-order valence-corrected chi connectivity index (χ1v) is 11.1. The molecule has 0 N–H and O–H groups in total. The predicted octanol–water partition coefficient (Wildman–Crippen LogP) is 9.91. The van der Waals surface area contributed by atoms with Crippen LogP contribution < -0.4 is 0 Å². The second-order valence-corrected chi connectivity index (χ2v) is 8.27. The average Bonchev–Trinajstić information content (AvgIpc) is 3.38. The molecular formula is C32H28Cl2Zr. The number of hydrogen-bond acceptors (Lipinski definition) is 0. The van der Waals surface area contributed by atoms with Gasteiger partial charge in [0.25, 0.3) is 0 Å². The second kappa shape index (κ2) is 13.0. The number of fused-ring (bicyclic) bond motifs is 2. The van der Waals surface area contributed by atoms with Crippen molar-refractivity contribution in [2.75, 3.05) is 0 Å². The summed E-state index contributed by atoms with van der Waals surface area (Å²) < 4.78 is 0. The van der Waals surface area contributed by atoms with Crippen LogP contribution in [0.3, 0.4) is 0 Å². The molecule has 0 nitrogen and oxygen atoms in total. The monoisotopic (exact) mass is 572 g/mol. The maximum atomic E-state index is 2.28. The van der Waals surface area contributed by atoms with Gasteiger partial charge in [-0.3, -0.25) is 0 Å². The van der Waals surface area contributed by atoms with Gasteiger partial charge in [-0.25, -0.2) is 0 Å². The topological polar surface area (TPSA) is 0 Å². The van der Waals surface area contributed by atoms with Gasteiger partial charge < -0.3 is 0 Å². The standard InChI is InChI=1S/2C16H13.2ClH.Zr/c2*1-12-15-10-6-5-9-14(15)11-16(12)13-7-3-2-4-8-13;;;/h2*2-11H,1H3;2*1H;/q2*-1;;;+2. The van der Waals surface area contributed by atoms with Gasteiger partial charge in [0.15, 0.2) is 0 Å². The summed E-state index contributed by atoms with van der Waals surface area (Å²) in [7, 11) is 0. The van der Waals surface area contributed by atoms with E-state index in [4.69, 9.17) is 0 Å². The van der Waals surface area contributed by atoms with Gasteiger partial charge >= 0.3 is 26.2 Å². The molecule has 0 aliphatic rings. The van der Waals surface area contributed by atoms with E-state index in [0.717, 1.165) is 0 Å². The quantitative estimate of drug-likeness (QED) is 0.181. The van der Waals surface area contributed by atoms with E-state index in [1.165, 1.54) is 54.9 Å². The number of halogens is 2. The molecular weight excluding hydrogens is 546 g/mol. The molecule has 0 aliphatic heterocycles. The average molecular weight is 575 g/mol. The van der Waals surface area contributed by atoms with Crippen molar-refractivity contribution in [2.45, 2.75) is 13.8 Å². The van der Waals surface area contributed by atoms with Gasteiger partial charge in [0.2, 0.25) is 0 Å². The first-order chi connectivity index (χ1) is 15.7. The predicted molar refractivity (Wildman–Crippen MR) is 154 cm³/mol. The molecule has 0 aromatic heterocycles. The summed E-state index contributed by atoms with van der Waals surface area (Å²) in [5.74, 6) is 0. The van der Waals surface area contributed by atoms with Crippen molar-refractivity contribution in [1.82, 2.24) is 0 Å². The van der Waals surface area contributed by atoms with Crippen LogP contribution in [0.2, 0.25) is 0 Å². The zero-order valence-electron chi connectivity index (χ0n) is 19.9. The van der Waals surface area contributed by atoms with Crippen LogP contribution in [0.25, 0.3) is 43.8 Å². The molecule has 6 rings (SSSR count). The minimum absolute atomic E-state index is 0. The minimum atomic E-state index is 0. The molecule has 0 bridgehead atoms. The first kappa shape index (κ1) is 28.8. The maximum Gasteiger partial charge on any atom is 2.00 e. The molecule has 0 atom stereocenters. The van der Waals surface area contributed by atoms with Crippen molar-refractivity contribution in [3.63, 3.8) is 0 Å². The van der Waals surface area contributed by atoms with Crippen LogP contribution in [0.5, 0.6) is 0 Å². The molecule has 0 spiro atoms. The Morgan fingerprint density at radius 3 is 1.09 bits per heavy atom. The third-order valence-electron chi connectivity index (χ3n) is 6.31. The molecule has 0 unspecified atom stereocenters. The molecule has 3 heteroatoms. The molecule has 0 heterocycles. The molecule has 174 valence electrons. The SMILES string of the molecule is C[c-]1c(-c2ccccc2)cc2ccccc21.C[c-]1c(-c2ccccc2)cc2ccccc21.Cl.Cl.[Zr+2]. The van der Waals surface area contributed by atoms with E-state index in [9.17, 15) is 0 Å². The Balaban J connectivity index is 0.000000227. The smallest absolute Gasteiger partial charge is 0.147 e. The van der Waals surface area contributed by atoms with Crippen molar-refractivity contribution >= 4 is 46.4 Å². The fraction of sp³-hybridized carbons (Fsp3) is 0.0625. The largest absolute Gasteiger partial charge is 2.00 e. The Bertz CT molecular complexity index is 1360. The van der Waals surface area contributed by atoms with E-state index in [-0.39, 0.29) is 51.0 Å². The molecule has 6 aromatic carbocycles. The summed E-state index contributed by atoms with van der Waals surface area (Å²) in [6.07, 6.45) is 0. The van der Waals surface area contributed by atoms with Crippen LogP contribution in [-0.4, -0.2) is 0 Å². The summed E-state index contributed by atoms with van der Waals surface area (Å²) in [4.78, 5) is 0. The Morgan fingerprint density at radius 2 is 0.743 bits per heavy atom. The summed E-state index contributed by atoms with van der Waals surface area (Å²) in [5.41, 5.74) is 8.06. The van der Waals surface area contributed by atoms with Gasteiger partial charge in [0.1, 0.15) is 0 Å². The molecule has 0 saturated heterocycles. The van der Waals surface area contributed by atoms with Crippen LogP contribution in [0, 0.1) is 13.8 Å². The number of aryl methyl sites for hydroxylation is 2. The van der Waals surface area contributed by atoms with Gasteiger partial charge in [-0.1, -0.05) is 122 Å². The molecule has 0 amide bonds. The van der Waals surface area contributed by atoms with Crippen molar-refractivity contribution < 1.29 is 26.2 Å². The second-order valence-electron chi connectivity index (χ2n) is 8.27. The summed E-state index contributed by atoms with van der Waals surface area (Å²) in [5, 5.41) is 5.39. The normalized spacial score (nSPS) is 9.89. The Labute approximate surface area is 239 Å². The van der Waals surface area contributed by atoms with Gasteiger partial charge in [0.05, 0.1) is 0 Å². The number of benzene rings is 4. The third kappa shape index (κ3) is 6.04. The number of rotatable bonds is 2. The summed E-state index contributed by atoms with van der Waals surface area (Å²) in [6.45, 7) is 4.40. The van der Waals surface area contributed by atoms with Gasteiger partial charge in [-0.15, -0.1) is 92.9 Å². The number of hydrogen-bond donors (Lipinski definition) is 0. The first-order valence-electron chi connectivity index (χ1n) is 11.1. The minimum Gasteiger partial charge on any atom is -0.147 e. The summed E-state index contributed by atoms with van der Waals surface area (Å²) >= 11 is 0. The summed E-state index contributed by atoms with van der Waals surface area (Å²) in [6, 6.07) is 42.8. The van der Waals surface area contributed by atoms with Crippen molar-refractivity contribution in [2.24, 2.45) is 0 Å². The van der Waals surface area contributed by atoms with Gasteiger partial charge in [0, 0.05) is 0 Å². The Morgan fingerprint density at radius 1 is 0.429 bits per heavy atom. The van der Waals surface area contributed by atoms with Gasteiger partial charge in [-0.2, -0.15) is 0 Å².